The van der Waals surface area contributed by atoms with Crippen molar-refractivity contribution in [3.05, 3.63) is 29.8 Å². The second kappa shape index (κ2) is 11.1. The van der Waals surface area contributed by atoms with Crippen LogP contribution < -0.4 is 11.1 Å². The molecule has 7 heteroatoms. The molecule has 5 nitrogen and oxygen atoms in total. The number of carbonyl (C=O) groups is 1. The van der Waals surface area contributed by atoms with E-state index in [2.05, 4.69) is 17.4 Å². The maximum atomic E-state index is 12.4. The van der Waals surface area contributed by atoms with E-state index in [4.69, 9.17) is 15.2 Å². The summed E-state index contributed by atoms with van der Waals surface area (Å²) in [6.45, 7) is 3.14. The van der Waals surface area contributed by atoms with Crippen LogP contribution >= 0.6 is 24.2 Å². The smallest absolute Gasteiger partial charge is 0.241 e. The highest BCUT2D eigenvalue weighted by atomic mass is 35.5. The molecule has 1 atom stereocenters. The van der Waals surface area contributed by atoms with E-state index >= 15 is 0 Å². The first-order valence-electron chi connectivity index (χ1n) is 9.15. The van der Waals surface area contributed by atoms with Crippen molar-refractivity contribution in [2.24, 2.45) is 11.7 Å². The van der Waals surface area contributed by atoms with Crippen molar-refractivity contribution in [2.75, 3.05) is 31.7 Å². The molecule has 0 radical (unpaired) electrons. The van der Waals surface area contributed by atoms with Crippen LogP contribution in [0.2, 0.25) is 0 Å². The highest BCUT2D eigenvalue weighted by Gasteiger charge is 2.26. The third kappa shape index (κ3) is 6.43. The molecule has 1 amide bonds. The highest BCUT2D eigenvalue weighted by molar-refractivity contribution is 7.99. The lowest BCUT2D eigenvalue weighted by Gasteiger charge is -2.26. The van der Waals surface area contributed by atoms with Gasteiger partial charge in [-0.15, -0.1) is 12.4 Å². The summed E-state index contributed by atoms with van der Waals surface area (Å²) in [6, 6.07) is 7.62. The van der Waals surface area contributed by atoms with E-state index in [9.17, 15) is 4.79 Å². The number of halogens is 1. The first-order chi connectivity index (χ1) is 12.2. The molecule has 3 rings (SSSR count). The minimum absolute atomic E-state index is 0. The monoisotopic (exact) mass is 400 g/mol. The fourth-order valence-corrected chi connectivity index (χ4v) is 4.44. The number of amides is 1. The van der Waals surface area contributed by atoms with Crippen molar-refractivity contribution in [3.8, 4) is 0 Å². The molecular formula is C19H29ClN2O3S. The van der Waals surface area contributed by atoms with Crippen LogP contribution in [0.3, 0.4) is 0 Å². The fourth-order valence-electron chi connectivity index (χ4n) is 3.31. The topological polar surface area (TPSA) is 73.6 Å². The summed E-state index contributed by atoms with van der Waals surface area (Å²) >= 11 is 1.98. The predicted molar refractivity (Wildman–Crippen MR) is 109 cm³/mol. The van der Waals surface area contributed by atoms with E-state index in [1.807, 2.05) is 23.9 Å². The molecule has 1 unspecified atom stereocenters. The summed E-state index contributed by atoms with van der Waals surface area (Å²) in [4.78, 5) is 12.4. The molecule has 2 saturated heterocycles. The van der Waals surface area contributed by atoms with Crippen LogP contribution in [0.25, 0.3) is 0 Å². The zero-order valence-corrected chi connectivity index (χ0v) is 16.7. The molecule has 1 aromatic carbocycles. The van der Waals surface area contributed by atoms with E-state index in [0.29, 0.717) is 18.5 Å². The Balaban J connectivity index is 0.00000243. The van der Waals surface area contributed by atoms with E-state index < -0.39 is 6.04 Å². The van der Waals surface area contributed by atoms with Crippen molar-refractivity contribution >= 4 is 35.8 Å². The van der Waals surface area contributed by atoms with Crippen molar-refractivity contribution in [1.82, 2.24) is 0 Å². The van der Waals surface area contributed by atoms with Crippen molar-refractivity contribution in [2.45, 2.75) is 42.7 Å². The van der Waals surface area contributed by atoms with Gasteiger partial charge in [0.1, 0.15) is 0 Å². The first kappa shape index (κ1) is 21.5. The zero-order chi connectivity index (χ0) is 17.5. The number of ether oxygens (including phenoxy) is 2. The summed E-state index contributed by atoms with van der Waals surface area (Å²) < 4.78 is 10.7. The Hall–Kier alpha value is -0.790. The van der Waals surface area contributed by atoms with Gasteiger partial charge in [0.05, 0.1) is 6.04 Å². The van der Waals surface area contributed by atoms with E-state index in [-0.39, 0.29) is 24.2 Å². The van der Waals surface area contributed by atoms with Gasteiger partial charge in [-0.05, 0) is 49.3 Å². The summed E-state index contributed by atoms with van der Waals surface area (Å²) in [5.41, 5.74) is 8.21. The minimum atomic E-state index is -0.468. The molecule has 3 N–H and O–H groups in total. The maximum absolute atomic E-state index is 12.4. The van der Waals surface area contributed by atoms with Gasteiger partial charge >= 0.3 is 0 Å². The zero-order valence-electron chi connectivity index (χ0n) is 15.0. The number of thioether (sulfide) groups is 1. The summed E-state index contributed by atoms with van der Waals surface area (Å²) in [6.07, 6.45) is 3.97. The molecule has 0 spiro atoms. The molecule has 2 fully saturated rings. The SMILES string of the molecule is Cl.NC(C(=O)Nc1cccc(CSC2CCOCC2)c1)C1CCOCC1. The standard InChI is InChI=1S/C19H28N2O3S.ClH/c20-18(15-4-8-23-9-5-15)19(22)21-16-3-1-2-14(12-16)13-25-17-6-10-24-11-7-17;/h1-3,12,15,17-18H,4-11,13,20H2,(H,21,22);1H. The number of anilines is 1. The third-order valence-electron chi connectivity index (χ3n) is 4.93. The largest absolute Gasteiger partial charge is 0.381 e. The Labute approximate surface area is 166 Å². The van der Waals surface area contributed by atoms with Crippen LogP contribution in [0.5, 0.6) is 0 Å². The fraction of sp³-hybridized carbons (Fsp3) is 0.632. The van der Waals surface area contributed by atoms with Crippen LogP contribution in [-0.2, 0) is 20.0 Å². The second-order valence-corrected chi connectivity index (χ2v) is 8.08. The van der Waals surface area contributed by atoms with Crippen LogP contribution in [0.15, 0.2) is 24.3 Å². The lowest BCUT2D eigenvalue weighted by atomic mass is 9.92. The molecule has 0 aromatic heterocycles. The van der Waals surface area contributed by atoms with Gasteiger partial charge in [-0.2, -0.15) is 11.8 Å². The van der Waals surface area contributed by atoms with Crippen LogP contribution in [0.4, 0.5) is 5.69 Å². The number of rotatable bonds is 6. The minimum Gasteiger partial charge on any atom is -0.381 e. The van der Waals surface area contributed by atoms with Crippen molar-refractivity contribution in [1.29, 1.82) is 0 Å². The van der Waals surface area contributed by atoms with Crippen LogP contribution in [0.1, 0.15) is 31.2 Å². The Kier molecular flexibility index (Phi) is 9.22. The summed E-state index contributed by atoms with van der Waals surface area (Å²) in [7, 11) is 0. The molecule has 1 aromatic rings. The van der Waals surface area contributed by atoms with Gasteiger partial charge < -0.3 is 20.5 Å². The summed E-state index contributed by atoms with van der Waals surface area (Å²) in [5.74, 6) is 1.07. The van der Waals surface area contributed by atoms with E-state index in [1.165, 1.54) is 5.56 Å². The van der Waals surface area contributed by atoms with Crippen molar-refractivity contribution in [3.63, 3.8) is 0 Å². The number of nitrogens with one attached hydrogen (secondary N) is 1. The van der Waals surface area contributed by atoms with Gasteiger partial charge in [-0.3, -0.25) is 4.79 Å². The lowest BCUT2D eigenvalue weighted by Crippen LogP contribution is -2.44. The van der Waals surface area contributed by atoms with Gasteiger partial charge in [0.2, 0.25) is 5.91 Å². The Morgan fingerprint density at radius 3 is 2.50 bits per heavy atom. The molecule has 2 aliphatic heterocycles. The molecule has 26 heavy (non-hydrogen) atoms. The number of nitrogens with two attached hydrogens (primary N) is 1. The summed E-state index contributed by atoms with van der Waals surface area (Å²) in [5, 5.41) is 3.66. The molecular weight excluding hydrogens is 372 g/mol. The number of benzene rings is 1. The maximum Gasteiger partial charge on any atom is 0.241 e. The van der Waals surface area contributed by atoms with Gasteiger partial charge in [0, 0.05) is 43.1 Å². The van der Waals surface area contributed by atoms with Crippen molar-refractivity contribution < 1.29 is 14.3 Å². The first-order valence-corrected chi connectivity index (χ1v) is 10.2. The highest BCUT2D eigenvalue weighted by Crippen LogP contribution is 2.26. The van der Waals surface area contributed by atoms with Crippen LogP contribution in [0, 0.1) is 5.92 Å². The average Bonchev–Trinajstić information content (AvgIpc) is 2.67. The molecule has 0 aliphatic carbocycles. The molecule has 0 saturated carbocycles. The second-order valence-electron chi connectivity index (χ2n) is 6.79. The Bertz CT molecular complexity index is 563. The molecule has 146 valence electrons. The van der Waals surface area contributed by atoms with Gasteiger partial charge in [-0.25, -0.2) is 0 Å². The Morgan fingerprint density at radius 1 is 1.15 bits per heavy atom. The van der Waals surface area contributed by atoms with Crippen LogP contribution in [-0.4, -0.2) is 43.6 Å². The van der Waals surface area contributed by atoms with Gasteiger partial charge in [-0.1, -0.05) is 12.1 Å². The molecule has 0 bridgehead atoms. The van der Waals surface area contributed by atoms with Gasteiger partial charge in [0.25, 0.3) is 0 Å². The van der Waals surface area contributed by atoms with Gasteiger partial charge in [0.15, 0.2) is 0 Å². The van der Waals surface area contributed by atoms with E-state index in [1.54, 1.807) is 0 Å². The average molecular weight is 401 g/mol. The third-order valence-corrected chi connectivity index (χ3v) is 6.37. The number of carbonyl (C=O) groups excluding carboxylic acids is 1. The number of hydrogen-bond acceptors (Lipinski definition) is 5. The lowest BCUT2D eigenvalue weighted by molar-refractivity contribution is -0.119. The normalized spacial score (nSPS) is 20.2. The predicted octanol–water partition coefficient (Wildman–Crippen LogP) is 3.21. The quantitative estimate of drug-likeness (QED) is 0.766. The Morgan fingerprint density at radius 2 is 1.81 bits per heavy atom. The molecule has 2 aliphatic rings. The number of hydrogen-bond donors (Lipinski definition) is 2. The molecule has 2 heterocycles. The van der Waals surface area contributed by atoms with E-state index in [0.717, 1.165) is 50.3 Å².